The van der Waals surface area contributed by atoms with Crippen molar-refractivity contribution in [3.05, 3.63) is 77.9 Å². The van der Waals surface area contributed by atoms with Crippen LogP contribution in [0.15, 0.2) is 66.7 Å². The van der Waals surface area contributed by atoms with Crippen molar-refractivity contribution in [2.45, 2.75) is 6.61 Å². The zero-order chi connectivity index (χ0) is 15.4. The summed E-state index contributed by atoms with van der Waals surface area (Å²) in [7, 11) is 1.64. The number of benzene rings is 3. The lowest BCUT2D eigenvalue weighted by atomic mass is 10.1. The van der Waals surface area contributed by atoms with Crippen LogP contribution in [-0.2, 0) is 11.3 Å². The summed E-state index contributed by atoms with van der Waals surface area (Å²) in [6, 6.07) is 21.4. The molecule has 0 aromatic heterocycles. The highest BCUT2D eigenvalue weighted by Gasteiger charge is 2.08. The van der Waals surface area contributed by atoms with Crippen LogP contribution in [0.1, 0.15) is 15.9 Å². The van der Waals surface area contributed by atoms with Gasteiger partial charge in [0, 0.05) is 23.7 Å². The molecule has 3 heteroatoms. The summed E-state index contributed by atoms with van der Waals surface area (Å²) in [4.78, 5) is 12.5. The normalized spacial score (nSPS) is 10.6. The molecule has 0 aliphatic heterocycles. The Balaban J connectivity index is 1.88. The minimum absolute atomic E-state index is 0.116. The molecule has 0 atom stereocenters. The van der Waals surface area contributed by atoms with E-state index in [-0.39, 0.29) is 5.91 Å². The van der Waals surface area contributed by atoms with E-state index in [9.17, 15) is 4.79 Å². The fourth-order valence-corrected chi connectivity index (χ4v) is 2.50. The second kappa shape index (κ2) is 6.41. The fourth-order valence-electron chi connectivity index (χ4n) is 2.50. The number of hydrogen-bond donors (Lipinski definition) is 1. The summed E-state index contributed by atoms with van der Waals surface area (Å²) < 4.78 is 5.11. The number of carbonyl (C=O) groups excluding carboxylic acids is 1. The Kier molecular flexibility index (Phi) is 4.17. The number of fused-ring (bicyclic) bond motifs is 1. The number of amides is 1. The Morgan fingerprint density at radius 3 is 2.64 bits per heavy atom. The Labute approximate surface area is 129 Å². The summed E-state index contributed by atoms with van der Waals surface area (Å²) in [5.74, 6) is -0.116. The molecule has 0 aliphatic rings. The summed E-state index contributed by atoms with van der Waals surface area (Å²) in [6.07, 6.45) is 0. The van der Waals surface area contributed by atoms with Crippen molar-refractivity contribution in [1.82, 2.24) is 0 Å². The van der Waals surface area contributed by atoms with Crippen LogP contribution in [0.5, 0.6) is 0 Å². The second-order valence-electron chi connectivity index (χ2n) is 5.11. The highest BCUT2D eigenvalue weighted by atomic mass is 16.5. The molecule has 3 aromatic rings. The summed E-state index contributed by atoms with van der Waals surface area (Å²) in [5.41, 5.74) is 2.43. The third-order valence-electron chi connectivity index (χ3n) is 3.54. The van der Waals surface area contributed by atoms with Gasteiger partial charge >= 0.3 is 0 Å². The quantitative estimate of drug-likeness (QED) is 0.781. The first-order valence-corrected chi connectivity index (χ1v) is 7.15. The van der Waals surface area contributed by atoms with Gasteiger partial charge in [-0.05, 0) is 29.1 Å². The lowest BCUT2D eigenvalue weighted by Gasteiger charge is -2.09. The predicted molar refractivity (Wildman–Crippen MR) is 89.1 cm³/mol. The molecular weight excluding hydrogens is 274 g/mol. The maximum atomic E-state index is 12.5. The third kappa shape index (κ3) is 3.00. The molecule has 0 bridgehead atoms. The first-order valence-electron chi connectivity index (χ1n) is 7.15. The number of methoxy groups -OCH3 is 1. The van der Waals surface area contributed by atoms with Crippen LogP contribution >= 0.6 is 0 Å². The maximum Gasteiger partial charge on any atom is 0.255 e. The molecule has 3 nitrogen and oxygen atoms in total. The minimum atomic E-state index is -0.116. The van der Waals surface area contributed by atoms with Crippen molar-refractivity contribution >= 4 is 22.4 Å². The predicted octanol–water partition coefficient (Wildman–Crippen LogP) is 4.24. The summed E-state index contributed by atoms with van der Waals surface area (Å²) in [6.45, 7) is 0.495. The first-order chi connectivity index (χ1) is 10.8. The van der Waals surface area contributed by atoms with Gasteiger partial charge in [0.1, 0.15) is 0 Å². The Hall–Kier alpha value is -2.65. The van der Waals surface area contributed by atoms with Gasteiger partial charge in [-0.2, -0.15) is 0 Å². The van der Waals surface area contributed by atoms with Crippen LogP contribution < -0.4 is 5.32 Å². The van der Waals surface area contributed by atoms with E-state index in [4.69, 9.17) is 4.74 Å². The van der Waals surface area contributed by atoms with Crippen molar-refractivity contribution in [1.29, 1.82) is 0 Å². The number of anilines is 1. The Morgan fingerprint density at radius 1 is 1.00 bits per heavy atom. The van der Waals surface area contributed by atoms with E-state index >= 15 is 0 Å². The van der Waals surface area contributed by atoms with Crippen molar-refractivity contribution in [2.24, 2.45) is 0 Å². The van der Waals surface area contributed by atoms with E-state index in [0.717, 1.165) is 22.0 Å². The zero-order valence-corrected chi connectivity index (χ0v) is 12.4. The van der Waals surface area contributed by atoms with Crippen molar-refractivity contribution in [2.75, 3.05) is 12.4 Å². The van der Waals surface area contributed by atoms with Gasteiger partial charge in [-0.3, -0.25) is 4.79 Å². The number of nitrogens with one attached hydrogen (secondary N) is 1. The first kappa shape index (κ1) is 14.3. The summed E-state index contributed by atoms with van der Waals surface area (Å²) in [5, 5.41) is 5.13. The lowest BCUT2D eigenvalue weighted by Crippen LogP contribution is -2.12. The molecule has 0 radical (unpaired) electrons. The molecular formula is C19H17NO2. The standard InChI is InChI=1S/C19H17NO2/c1-22-13-14-6-4-9-16(12-14)19(21)20-18-11-5-8-15-7-2-3-10-17(15)18/h2-12H,13H2,1H3,(H,20,21). The molecule has 3 aromatic carbocycles. The molecule has 1 amide bonds. The molecule has 0 unspecified atom stereocenters. The van der Waals surface area contributed by atoms with E-state index in [1.54, 1.807) is 13.2 Å². The van der Waals surface area contributed by atoms with Crippen LogP contribution in [0.25, 0.3) is 10.8 Å². The monoisotopic (exact) mass is 291 g/mol. The second-order valence-corrected chi connectivity index (χ2v) is 5.11. The van der Waals surface area contributed by atoms with Gasteiger partial charge < -0.3 is 10.1 Å². The minimum Gasteiger partial charge on any atom is -0.380 e. The zero-order valence-electron chi connectivity index (χ0n) is 12.4. The van der Waals surface area contributed by atoms with Gasteiger partial charge in [-0.15, -0.1) is 0 Å². The third-order valence-corrected chi connectivity index (χ3v) is 3.54. The average molecular weight is 291 g/mol. The van der Waals surface area contributed by atoms with Gasteiger partial charge in [-0.1, -0.05) is 48.5 Å². The molecule has 0 fully saturated rings. The van der Waals surface area contributed by atoms with E-state index < -0.39 is 0 Å². The topological polar surface area (TPSA) is 38.3 Å². The van der Waals surface area contributed by atoms with E-state index in [0.29, 0.717) is 12.2 Å². The van der Waals surface area contributed by atoms with Crippen LogP contribution in [0.2, 0.25) is 0 Å². The highest BCUT2D eigenvalue weighted by molar-refractivity contribution is 6.09. The molecule has 0 aliphatic carbocycles. The van der Waals surface area contributed by atoms with Gasteiger partial charge in [0.15, 0.2) is 0 Å². The SMILES string of the molecule is COCc1cccc(C(=O)Nc2cccc3ccccc23)c1. The van der Waals surface area contributed by atoms with Crippen molar-refractivity contribution in [3.63, 3.8) is 0 Å². The Bertz CT molecular complexity index is 806. The van der Waals surface area contributed by atoms with Gasteiger partial charge in [0.05, 0.1) is 6.61 Å². The van der Waals surface area contributed by atoms with Gasteiger partial charge in [0.25, 0.3) is 5.91 Å². The largest absolute Gasteiger partial charge is 0.380 e. The van der Waals surface area contributed by atoms with Crippen LogP contribution in [0.4, 0.5) is 5.69 Å². The molecule has 0 spiro atoms. The number of rotatable bonds is 4. The molecule has 0 saturated carbocycles. The highest BCUT2D eigenvalue weighted by Crippen LogP contribution is 2.23. The average Bonchev–Trinajstić information content (AvgIpc) is 2.56. The van der Waals surface area contributed by atoms with E-state index in [1.807, 2.05) is 60.7 Å². The van der Waals surface area contributed by atoms with Gasteiger partial charge in [0.2, 0.25) is 0 Å². The fraction of sp³-hybridized carbons (Fsp3) is 0.105. The van der Waals surface area contributed by atoms with Crippen LogP contribution in [0.3, 0.4) is 0 Å². The molecule has 3 rings (SSSR count). The number of ether oxygens (including phenoxy) is 1. The molecule has 110 valence electrons. The molecule has 1 N–H and O–H groups in total. The van der Waals surface area contributed by atoms with Crippen molar-refractivity contribution < 1.29 is 9.53 Å². The molecule has 0 saturated heterocycles. The maximum absolute atomic E-state index is 12.5. The van der Waals surface area contributed by atoms with Gasteiger partial charge in [-0.25, -0.2) is 0 Å². The Morgan fingerprint density at radius 2 is 1.77 bits per heavy atom. The number of carbonyl (C=O) groups is 1. The summed E-state index contributed by atoms with van der Waals surface area (Å²) >= 11 is 0. The molecule has 22 heavy (non-hydrogen) atoms. The van der Waals surface area contributed by atoms with E-state index in [1.165, 1.54) is 0 Å². The van der Waals surface area contributed by atoms with Crippen molar-refractivity contribution in [3.8, 4) is 0 Å². The van der Waals surface area contributed by atoms with Crippen LogP contribution in [-0.4, -0.2) is 13.0 Å². The number of hydrogen-bond acceptors (Lipinski definition) is 2. The van der Waals surface area contributed by atoms with E-state index in [2.05, 4.69) is 5.32 Å². The molecule has 0 heterocycles. The smallest absolute Gasteiger partial charge is 0.255 e. The lowest BCUT2D eigenvalue weighted by molar-refractivity contribution is 0.102. The van der Waals surface area contributed by atoms with Crippen LogP contribution in [0, 0.1) is 0 Å².